The van der Waals surface area contributed by atoms with Crippen LogP contribution in [0.15, 0.2) is 54.6 Å². The summed E-state index contributed by atoms with van der Waals surface area (Å²) in [7, 11) is 2.02. The number of imidazole rings is 1. The van der Waals surface area contributed by atoms with Gasteiger partial charge >= 0.3 is 5.97 Å². The molecule has 4 rings (SSSR count). The highest BCUT2D eigenvalue weighted by molar-refractivity contribution is 5.75. The van der Waals surface area contributed by atoms with Gasteiger partial charge in [0.05, 0.1) is 23.5 Å². The largest absolute Gasteiger partial charge is 0.481 e. The van der Waals surface area contributed by atoms with E-state index in [9.17, 15) is 9.90 Å². The fourth-order valence-corrected chi connectivity index (χ4v) is 3.84. The fourth-order valence-electron chi connectivity index (χ4n) is 3.84. The van der Waals surface area contributed by atoms with Crippen molar-refractivity contribution in [1.29, 1.82) is 0 Å². The molecule has 25 heavy (non-hydrogen) atoms. The van der Waals surface area contributed by atoms with Crippen LogP contribution in [-0.2, 0) is 18.4 Å². The number of carbonyl (C=O) groups is 1. The van der Waals surface area contributed by atoms with Gasteiger partial charge in [0.1, 0.15) is 5.82 Å². The molecule has 0 radical (unpaired) electrons. The van der Waals surface area contributed by atoms with Gasteiger partial charge in [0.25, 0.3) is 0 Å². The Balaban J connectivity index is 1.59. The van der Waals surface area contributed by atoms with Crippen molar-refractivity contribution in [2.45, 2.75) is 12.5 Å². The van der Waals surface area contributed by atoms with Crippen molar-refractivity contribution in [2.75, 3.05) is 13.1 Å². The van der Waals surface area contributed by atoms with E-state index < -0.39 is 5.97 Å². The van der Waals surface area contributed by atoms with E-state index in [4.69, 9.17) is 4.98 Å². The molecule has 0 amide bonds. The van der Waals surface area contributed by atoms with E-state index >= 15 is 0 Å². The first-order chi connectivity index (χ1) is 12.1. The van der Waals surface area contributed by atoms with Gasteiger partial charge < -0.3 is 9.67 Å². The zero-order valence-electron chi connectivity index (χ0n) is 14.2. The molecule has 2 atom stereocenters. The van der Waals surface area contributed by atoms with Crippen molar-refractivity contribution < 1.29 is 9.90 Å². The topological polar surface area (TPSA) is 58.4 Å². The first-order valence-electron chi connectivity index (χ1n) is 8.54. The minimum absolute atomic E-state index is 0.0217. The van der Waals surface area contributed by atoms with E-state index in [0.717, 1.165) is 29.0 Å². The van der Waals surface area contributed by atoms with Crippen LogP contribution in [0.4, 0.5) is 0 Å². The van der Waals surface area contributed by atoms with Gasteiger partial charge in [0, 0.05) is 26.1 Å². The number of carboxylic acids is 1. The van der Waals surface area contributed by atoms with Gasteiger partial charge in [0.15, 0.2) is 0 Å². The Hall–Kier alpha value is -2.66. The number of hydrogen-bond acceptors (Lipinski definition) is 3. The van der Waals surface area contributed by atoms with Crippen LogP contribution in [0.3, 0.4) is 0 Å². The summed E-state index contributed by atoms with van der Waals surface area (Å²) in [6.45, 7) is 1.96. The minimum Gasteiger partial charge on any atom is -0.481 e. The summed E-state index contributed by atoms with van der Waals surface area (Å²) in [5.41, 5.74) is 3.18. The normalized spacial score (nSPS) is 21.0. The van der Waals surface area contributed by atoms with Crippen LogP contribution in [0.25, 0.3) is 11.0 Å². The van der Waals surface area contributed by atoms with Crippen LogP contribution in [0.2, 0.25) is 0 Å². The molecule has 5 nitrogen and oxygen atoms in total. The van der Waals surface area contributed by atoms with E-state index in [2.05, 4.69) is 15.5 Å². The van der Waals surface area contributed by atoms with Crippen LogP contribution in [0.5, 0.6) is 0 Å². The molecule has 2 heterocycles. The summed E-state index contributed by atoms with van der Waals surface area (Å²) in [5.74, 6) is -0.106. The monoisotopic (exact) mass is 335 g/mol. The molecule has 0 saturated carbocycles. The summed E-state index contributed by atoms with van der Waals surface area (Å²) in [4.78, 5) is 18.7. The molecule has 3 aromatic rings. The van der Waals surface area contributed by atoms with Crippen LogP contribution in [0.1, 0.15) is 17.3 Å². The lowest BCUT2D eigenvalue weighted by Gasteiger charge is -2.16. The minimum atomic E-state index is -0.721. The van der Waals surface area contributed by atoms with Crippen molar-refractivity contribution in [3.63, 3.8) is 0 Å². The second-order valence-corrected chi connectivity index (χ2v) is 6.73. The highest BCUT2D eigenvalue weighted by Gasteiger charge is 2.38. The fraction of sp³-hybridized carbons (Fsp3) is 0.300. The van der Waals surface area contributed by atoms with Crippen LogP contribution < -0.4 is 0 Å². The maximum atomic E-state index is 11.7. The lowest BCUT2D eigenvalue weighted by atomic mass is 9.89. The summed E-state index contributed by atoms with van der Waals surface area (Å²) in [6.07, 6.45) is 0. The number of likely N-dealkylation sites (tertiary alicyclic amines) is 1. The third kappa shape index (κ3) is 2.91. The lowest BCUT2D eigenvalue weighted by Crippen LogP contribution is -2.24. The zero-order chi connectivity index (χ0) is 17.4. The highest BCUT2D eigenvalue weighted by Crippen LogP contribution is 2.33. The maximum absolute atomic E-state index is 11.7. The van der Waals surface area contributed by atoms with Gasteiger partial charge in [-0.25, -0.2) is 4.98 Å². The predicted molar refractivity (Wildman–Crippen MR) is 96.3 cm³/mol. The Morgan fingerprint density at radius 2 is 1.84 bits per heavy atom. The Morgan fingerprint density at radius 1 is 1.12 bits per heavy atom. The van der Waals surface area contributed by atoms with Crippen molar-refractivity contribution >= 4 is 17.0 Å². The number of aryl methyl sites for hydroxylation is 1. The third-order valence-corrected chi connectivity index (χ3v) is 5.19. The number of fused-ring (bicyclic) bond motifs is 1. The van der Waals surface area contributed by atoms with Crippen molar-refractivity contribution in [1.82, 2.24) is 14.5 Å². The SMILES string of the molecule is Cn1c(CN2C[C@H](c3ccccc3)[C@H](C(=O)O)C2)nc2ccccc21. The van der Waals surface area contributed by atoms with Crippen LogP contribution in [-0.4, -0.2) is 38.6 Å². The predicted octanol–water partition coefficient (Wildman–Crippen LogP) is 2.87. The van der Waals surface area contributed by atoms with Gasteiger partial charge in [-0.05, 0) is 17.7 Å². The number of carboxylic acid groups (broad SMARTS) is 1. The van der Waals surface area contributed by atoms with Crippen LogP contribution >= 0.6 is 0 Å². The van der Waals surface area contributed by atoms with Gasteiger partial charge in [-0.3, -0.25) is 9.69 Å². The number of aliphatic carboxylic acids is 1. The van der Waals surface area contributed by atoms with Gasteiger partial charge in [-0.15, -0.1) is 0 Å². The highest BCUT2D eigenvalue weighted by atomic mass is 16.4. The maximum Gasteiger partial charge on any atom is 0.308 e. The quantitative estimate of drug-likeness (QED) is 0.796. The molecule has 0 bridgehead atoms. The summed E-state index contributed by atoms with van der Waals surface area (Å²) in [6, 6.07) is 18.0. The number of nitrogens with zero attached hydrogens (tertiary/aromatic N) is 3. The van der Waals surface area contributed by atoms with Crippen LogP contribution in [0, 0.1) is 5.92 Å². The smallest absolute Gasteiger partial charge is 0.308 e. The number of para-hydroxylation sites is 2. The average molecular weight is 335 g/mol. The average Bonchev–Trinajstić information content (AvgIpc) is 3.19. The molecule has 1 fully saturated rings. The summed E-state index contributed by atoms with van der Waals surface area (Å²) < 4.78 is 2.10. The molecule has 1 saturated heterocycles. The van der Waals surface area contributed by atoms with E-state index in [-0.39, 0.29) is 11.8 Å². The van der Waals surface area contributed by atoms with Gasteiger partial charge in [0.2, 0.25) is 0 Å². The Kier molecular flexibility index (Phi) is 4.01. The number of aromatic nitrogens is 2. The molecule has 1 aliphatic rings. The molecular formula is C20H21N3O2. The Bertz CT molecular complexity index is 904. The Labute approximate surface area is 146 Å². The molecule has 0 unspecified atom stereocenters. The van der Waals surface area contributed by atoms with Crippen molar-refractivity contribution in [2.24, 2.45) is 13.0 Å². The number of rotatable bonds is 4. The molecule has 2 aromatic carbocycles. The molecule has 0 aliphatic carbocycles. The van der Waals surface area contributed by atoms with E-state index in [1.165, 1.54) is 0 Å². The third-order valence-electron chi connectivity index (χ3n) is 5.19. The number of benzene rings is 2. The molecule has 128 valence electrons. The Morgan fingerprint density at radius 3 is 2.56 bits per heavy atom. The number of hydrogen-bond donors (Lipinski definition) is 1. The lowest BCUT2D eigenvalue weighted by molar-refractivity contribution is -0.141. The van der Waals surface area contributed by atoms with E-state index in [0.29, 0.717) is 13.1 Å². The standard InChI is InChI=1S/C20H21N3O2/c1-22-18-10-6-5-9-17(18)21-19(22)13-23-11-15(16(12-23)20(24)25)14-7-3-2-4-8-14/h2-10,15-16H,11-13H2,1H3,(H,24,25)/t15-,16-/m1/s1. The van der Waals surface area contributed by atoms with Gasteiger partial charge in [-0.2, -0.15) is 0 Å². The zero-order valence-corrected chi connectivity index (χ0v) is 14.2. The summed E-state index contributed by atoms with van der Waals surface area (Å²) >= 11 is 0. The second-order valence-electron chi connectivity index (χ2n) is 6.73. The second kappa shape index (κ2) is 6.33. The molecule has 1 N–H and O–H groups in total. The molecule has 0 spiro atoms. The van der Waals surface area contributed by atoms with Crippen molar-refractivity contribution in [3.8, 4) is 0 Å². The van der Waals surface area contributed by atoms with Crippen molar-refractivity contribution in [3.05, 3.63) is 66.0 Å². The van der Waals surface area contributed by atoms with Gasteiger partial charge in [-0.1, -0.05) is 42.5 Å². The first kappa shape index (κ1) is 15.8. The molecule has 1 aliphatic heterocycles. The molecular weight excluding hydrogens is 314 g/mol. The van der Waals surface area contributed by atoms with E-state index in [1.54, 1.807) is 0 Å². The first-order valence-corrected chi connectivity index (χ1v) is 8.54. The summed E-state index contributed by atoms with van der Waals surface area (Å²) in [5, 5.41) is 9.65. The van der Waals surface area contributed by atoms with E-state index in [1.807, 2.05) is 55.6 Å². The molecule has 5 heteroatoms. The molecule has 1 aromatic heterocycles.